The number of carbonyl (C=O) groups is 3. The molecule has 2 unspecified atom stereocenters. The quantitative estimate of drug-likeness (QED) is 0.674. The largest absolute Gasteiger partial charge is 0.376 e. The summed E-state index contributed by atoms with van der Waals surface area (Å²) in [4.78, 5) is 42.0. The van der Waals surface area contributed by atoms with Gasteiger partial charge in [-0.2, -0.15) is 0 Å². The zero-order chi connectivity index (χ0) is 22.2. The third kappa shape index (κ3) is 3.81. The third-order valence-corrected chi connectivity index (χ3v) is 6.63. The Labute approximate surface area is 185 Å². The van der Waals surface area contributed by atoms with Crippen LogP contribution in [0.15, 0.2) is 42.5 Å². The van der Waals surface area contributed by atoms with Crippen LogP contribution in [-0.4, -0.2) is 59.4 Å². The van der Waals surface area contributed by atoms with E-state index < -0.39 is 0 Å². The van der Waals surface area contributed by atoms with Gasteiger partial charge < -0.3 is 9.64 Å². The average molecular weight is 436 g/mol. The molecule has 32 heavy (non-hydrogen) atoms. The van der Waals surface area contributed by atoms with Crippen LogP contribution in [0.2, 0.25) is 0 Å². The van der Waals surface area contributed by atoms with Crippen molar-refractivity contribution >= 4 is 17.7 Å². The van der Waals surface area contributed by atoms with Gasteiger partial charge in [0.05, 0.1) is 23.8 Å². The standard InChI is InChI=1S/C25H25FN2O4/c26-18-5-1-4-16(12-18)13-19-6-2-10-27(19)23(29)17-8-9-21-22(14-17)25(31)28(24(21)30)15-20-7-3-11-32-20/h1,4-5,8-9,12,14,19-20H,2-3,6-7,10-11,13,15H2. The SMILES string of the molecule is O=C1c2ccc(C(=O)N3CCCC3Cc3cccc(F)c3)cc2C(=O)N1CC1CCCO1. The van der Waals surface area contributed by atoms with E-state index in [1.807, 2.05) is 6.07 Å². The molecule has 3 heterocycles. The van der Waals surface area contributed by atoms with Crippen LogP contribution >= 0.6 is 0 Å². The van der Waals surface area contributed by atoms with Crippen molar-refractivity contribution in [2.45, 2.75) is 44.2 Å². The number of hydrogen-bond donors (Lipinski definition) is 0. The van der Waals surface area contributed by atoms with Gasteiger partial charge in [0.2, 0.25) is 0 Å². The molecule has 3 aliphatic heterocycles. The summed E-state index contributed by atoms with van der Waals surface area (Å²) in [6.45, 7) is 1.52. The van der Waals surface area contributed by atoms with E-state index in [9.17, 15) is 18.8 Å². The van der Waals surface area contributed by atoms with Gasteiger partial charge in [-0.1, -0.05) is 12.1 Å². The highest BCUT2D eigenvalue weighted by Crippen LogP contribution is 2.28. The highest BCUT2D eigenvalue weighted by atomic mass is 19.1. The average Bonchev–Trinajstić information content (AvgIpc) is 3.52. The molecule has 2 aromatic rings. The summed E-state index contributed by atoms with van der Waals surface area (Å²) in [5, 5.41) is 0. The lowest BCUT2D eigenvalue weighted by molar-refractivity contribution is 0.0475. The number of carbonyl (C=O) groups excluding carboxylic acids is 3. The third-order valence-electron chi connectivity index (χ3n) is 6.63. The van der Waals surface area contributed by atoms with Crippen molar-refractivity contribution in [2.75, 3.05) is 19.7 Å². The Balaban J connectivity index is 1.33. The van der Waals surface area contributed by atoms with E-state index in [1.165, 1.54) is 17.0 Å². The molecule has 166 valence electrons. The van der Waals surface area contributed by atoms with Gasteiger partial charge in [-0.05, 0) is 68.0 Å². The molecule has 7 heteroatoms. The van der Waals surface area contributed by atoms with E-state index in [2.05, 4.69) is 0 Å². The molecule has 2 aromatic carbocycles. The number of likely N-dealkylation sites (tertiary alicyclic amines) is 1. The molecule has 0 spiro atoms. The summed E-state index contributed by atoms with van der Waals surface area (Å²) in [5.74, 6) is -1.14. The first kappa shape index (κ1) is 20.8. The fourth-order valence-corrected chi connectivity index (χ4v) is 5.00. The topological polar surface area (TPSA) is 66.9 Å². The molecule has 6 nitrogen and oxygen atoms in total. The molecule has 0 N–H and O–H groups in total. The summed E-state index contributed by atoms with van der Waals surface area (Å²) in [6.07, 6.45) is 3.95. The van der Waals surface area contributed by atoms with Gasteiger partial charge in [0.1, 0.15) is 5.82 Å². The minimum atomic E-state index is -0.368. The number of hydrogen-bond acceptors (Lipinski definition) is 4. The number of ether oxygens (including phenoxy) is 1. The Hall–Kier alpha value is -3.06. The van der Waals surface area contributed by atoms with E-state index in [0.29, 0.717) is 30.7 Å². The van der Waals surface area contributed by atoms with Crippen LogP contribution < -0.4 is 0 Å². The van der Waals surface area contributed by atoms with E-state index in [-0.39, 0.29) is 47.8 Å². The van der Waals surface area contributed by atoms with Crippen molar-refractivity contribution in [3.8, 4) is 0 Å². The fourth-order valence-electron chi connectivity index (χ4n) is 5.00. The van der Waals surface area contributed by atoms with Crippen LogP contribution in [0.1, 0.15) is 62.3 Å². The van der Waals surface area contributed by atoms with Crippen LogP contribution in [0, 0.1) is 5.82 Å². The monoisotopic (exact) mass is 436 g/mol. The van der Waals surface area contributed by atoms with E-state index >= 15 is 0 Å². The molecule has 0 bridgehead atoms. The van der Waals surface area contributed by atoms with E-state index in [1.54, 1.807) is 29.2 Å². The zero-order valence-corrected chi connectivity index (χ0v) is 17.8. The summed E-state index contributed by atoms with van der Waals surface area (Å²) in [5.41, 5.74) is 1.87. The summed E-state index contributed by atoms with van der Waals surface area (Å²) < 4.78 is 19.1. The van der Waals surface area contributed by atoms with Crippen LogP contribution in [0.3, 0.4) is 0 Å². The number of imide groups is 1. The Morgan fingerprint density at radius 2 is 1.88 bits per heavy atom. The first-order chi connectivity index (χ1) is 15.5. The van der Waals surface area contributed by atoms with Crippen LogP contribution in [0.25, 0.3) is 0 Å². The second-order valence-corrected chi connectivity index (χ2v) is 8.74. The summed E-state index contributed by atoms with van der Waals surface area (Å²) in [6, 6.07) is 11.2. The lowest BCUT2D eigenvalue weighted by atomic mass is 10.0. The highest BCUT2D eigenvalue weighted by Gasteiger charge is 2.38. The minimum absolute atomic E-state index is 0.0223. The van der Waals surface area contributed by atoms with E-state index in [0.717, 1.165) is 31.2 Å². The maximum Gasteiger partial charge on any atom is 0.261 e. The van der Waals surface area contributed by atoms with Gasteiger partial charge in [-0.3, -0.25) is 19.3 Å². The molecule has 2 fully saturated rings. The second-order valence-electron chi connectivity index (χ2n) is 8.74. The lowest BCUT2D eigenvalue weighted by Crippen LogP contribution is -2.37. The number of nitrogens with zero attached hydrogens (tertiary/aromatic N) is 2. The van der Waals surface area contributed by atoms with Crippen molar-refractivity contribution in [3.05, 3.63) is 70.5 Å². The summed E-state index contributed by atoms with van der Waals surface area (Å²) >= 11 is 0. The van der Waals surface area contributed by atoms with Crippen LogP contribution in [-0.2, 0) is 11.2 Å². The molecule has 3 amide bonds. The Morgan fingerprint density at radius 1 is 1.03 bits per heavy atom. The van der Waals surface area contributed by atoms with Gasteiger partial charge in [0.15, 0.2) is 0 Å². The van der Waals surface area contributed by atoms with E-state index in [4.69, 9.17) is 4.74 Å². The van der Waals surface area contributed by atoms with Crippen molar-refractivity contribution in [3.63, 3.8) is 0 Å². The lowest BCUT2D eigenvalue weighted by Gasteiger charge is -2.25. The van der Waals surface area contributed by atoms with Crippen molar-refractivity contribution < 1.29 is 23.5 Å². The predicted molar refractivity (Wildman–Crippen MR) is 115 cm³/mol. The normalized spacial score (nSPS) is 22.7. The number of benzene rings is 2. The molecule has 2 saturated heterocycles. The van der Waals surface area contributed by atoms with Crippen molar-refractivity contribution in [2.24, 2.45) is 0 Å². The molecule has 2 atom stereocenters. The maximum atomic E-state index is 13.6. The van der Waals surface area contributed by atoms with Gasteiger partial charge in [-0.15, -0.1) is 0 Å². The second kappa shape index (κ2) is 8.47. The highest BCUT2D eigenvalue weighted by molar-refractivity contribution is 6.22. The Morgan fingerprint density at radius 3 is 2.66 bits per heavy atom. The van der Waals surface area contributed by atoms with Crippen molar-refractivity contribution in [1.82, 2.24) is 9.80 Å². The molecule has 0 aromatic heterocycles. The summed E-state index contributed by atoms with van der Waals surface area (Å²) in [7, 11) is 0. The predicted octanol–water partition coefficient (Wildman–Crippen LogP) is 3.45. The first-order valence-electron chi connectivity index (χ1n) is 11.2. The van der Waals surface area contributed by atoms with Crippen LogP contribution in [0.4, 0.5) is 4.39 Å². The number of halogens is 1. The zero-order valence-electron chi connectivity index (χ0n) is 17.8. The molecular formula is C25H25FN2O4. The number of rotatable bonds is 5. The number of fused-ring (bicyclic) bond motifs is 1. The first-order valence-corrected chi connectivity index (χ1v) is 11.2. The molecule has 0 saturated carbocycles. The van der Waals surface area contributed by atoms with Gasteiger partial charge in [-0.25, -0.2) is 4.39 Å². The molecule has 3 aliphatic rings. The molecule has 0 radical (unpaired) electrons. The minimum Gasteiger partial charge on any atom is -0.376 e. The molecule has 0 aliphatic carbocycles. The fraction of sp³-hybridized carbons (Fsp3) is 0.400. The number of amides is 3. The Kier molecular flexibility index (Phi) is 5.51. The van der Waals surface area contributed by atoms with Crippen LogP contribution in [0.5, 0.6) is 0 Å². The smallest absolute Gasteiger partial charge is 0.261 e. The maximum absolute atomic E-state index is 13.6. The molecule has 5 rings (SSSR count). The molecular weight excluding hydrogens is 411 g/mol. The van der Waals surface area contributed by atoms with Crippen molar-refractivity contribution in [1.29, 1.82) is 0 Å². The Bertz CT molecular complexity index is 1080. The van der Waals surface area contributed by atoms with Gasteiger partial charge >= 0.3 is 0 Å². The van der Waals surface area contributed by atoms with Gasteiger partial charge in [0.25, 0.3) is 17.7 Å². The van der Waals surface area contributed by atoms with Gasteiger partial charge in [0, 0.05) is 24.8 Å².